The lowest BCUT2D eigenvalue weighted by atomic mass is 9.98. The molecule has 10 aromatic carbocycles. The van der Waals surface area contributed by atoms with Gasteiger partial charge in [-0.25, -0.2) is 0 Å². The molecule has 7 heteroatoms. The van der Waals surface area contributed by atoms with Crippen LogP contribution in [-0.2, 0) is 0 Å². The molecule has 0 N–H and O–H groups in total. The number of aryl methyl sites for hydroxylation is 1. The first-order valence-corrected chi connectivity index (χ1v) is 37.9. The van der Waals surface area contributed by atoms with Crippen LogP contribution in [0.4, 0.5) is 34.1 Å². The van der Waals surface area contributed by atoms with E-state index in [-0.39, 0.29) is 0 Å². The lowest BCUT2D eigenvalue weighted by Gasteiger charge is -2.28. The van der Waals surface area contributed by atoms with Gasteiger partial charge in [-0.3, -0.25) is 0 Å². The minimum atomic E-state index is -1.54. The lowest BCUT2D eigenvalue weighted by molar-refractivity contribution is 1.28. The summed E-state index contributed by atoms with van der Waals surface area (Å²) in [5.41, 5.74) is 14.5. The Labute approximate surface area is 448 Å². The van der Waals surface area contributed by atoms with E-state index in [0.29, 0.717) is 0 Å². The number of nitrogens with zero attached hydrogens (tertiary/aromatic N) is 3. The number of aromatic nitrogens is 1. The molecule has 13 rings (SSSR count). The second-order valence-corrected chi connectivity index (χ2v) is 40.3. The van der Waals surface area contributed by atoms with Crippen molar-refractivity contribution in [2.45, 2.75) is 65.8 Å². The van der Waals surface area contributed by atoms with Crippen molar-refractivity contribution in [3.8, 4) is 11.1 Å². The van der Waals surface area contributed by atoms with Crippen molar-refractivity contribution in [1.29, 1.82) is 0 Å². The molecule has 13 aromatic rings. The largest absolute Gasteiger partial charge is 0.310 e. The third kappa shape index (κ3) is 8.02. The van der Waals surface area contributed by atoms with Crippen LogP contribution in [0.3, 0.4) is 0 Å². The van der Waals surface area contributed by atoms with Gasteiger partial charge in [0.25, 0.3) is 0 Å². The molecule has 0 bridgehead atoms. The van der Waals surface area contributed by atoms with Crippen molar-refractivity contribution in [3.05, 3.63) is 206 Å². The monoisotopic (exact) mass is 1040 g/mol. The first kappa shape index (κ1) is 47.4. The van der Waals surface area contributed by atoms with Gasteiger partial charge < -0.3 is 14.2 Å². The highest BCUT2D eigenvalue weighted by Gasteiger charge is 2.27. The van der Waals surface area contributed by atoms with E-state index in [4.69, 9.17) is 0 Å². The summed E-state index contributed by atoms with van der Waals surface area (Å²) in [5.74, 6) is 0. The molecule has 3 aromatic heterocycles. The molecule has 368 valence electrons. The number of fused-ring (bicyclic) bond motifs is 11. The molecule has 0 saturated heterocycles. The number of hydrogen-bond acceptors (Lipinski definition) is 3. The Morgan fingerprint density at radius 2 is 0.880 bits per heavy atom. The summed E-state index contributed by atoms with van der Waals surface area (Å²) in [5, 5.41) is 14.7. The minimum absolute atomic E-state index is 1.16. The summed E-state index contributed by atoms with van der Waals surface area (Å²) < 4.78 is 5.18. The molecular formula is C68H63N3SSi3. The normalized spacial score (nSPS) is 12.7. The first-order valence-electron chi connectivity index (χ1n) is 26.6. The fourth-order valence-corrected chi connectivity index (χ4v) is 16.3. The highest BCUT2D eigenvalue weighted by molar-refractivity contribution is 7.26. The van der Waals surface area contributed by atoms with Crippen molar-refractivity contribution >= 4 is 154 Å². The number of hydrogen-bond donors (Lipinski definition) is 0. The number of benzene rings is 10. The van der Waals surface area contributed by atoms with Crippen LogP contribution in [0.15, 0.2) is 200 Å². The molecule has 0 radical (unpaired) electrons. The quantitative estimate of drug-likeness (QED) is 0.126. The fraction of sp³-hybridized carbons (Fsp3) is 0.147. The van der Waals surface area contributed by atoms with Gasteiger partial charge >= 0.3 is 0 Å². The molecule has 0 saturated carbocycles. The second-order valence-electron chi connectivity index (χ2n) is 24.0. The van der Waals surface area contributed by atoms with Crippen LogP contribution in [0.5, 0.6) is 0 Å². The summed E-state index contributed by atoms with van der Waals surface area (Å²) in [7, 11) is -4.54. The van der Waals surface area contributed by atoms with E-state index in [0.717, 1.165) is 5.69 Å². The van der Waals surface area contributed by atoms with Crippen molar-refractivity contribution in [1.82, 2.24) is 4.40 Å². The maximum absolute atomic E-state index is 2.58. The van der Waals surface area contributed by atoms with Gasteiger partial charge in [0.15, 0.2) is 0 Å². The van der Waals surface area contributed by atoms with E-state index in [9.17, 15) is 0 Å². The number of rotatable bonds is 10. The van der Waals surface area contributed by atoms with Crippen LogP contribution < -0.4 is 25.4 Å². The smallest absolute Gasteiger partial charge is 0.0775 e. The topological polar surface area (TPSA) is 10.9 Å². The van der Waals surface area contributed by atoms with Gasteiger partial charge in [-0.15, -0.1) is 11.3 Å². The van der Waals surface area contributed by atoms with Crippen molar-refractivity contribution in [2.24, 2.45) is 0 Å². The van der Waals surface area contributed by atoms with Crippen LogP contribution in [0.1, 0.15) is 5.56 Å². The Hall–Kier alpha value is -7.27. The highest BCUT2D eigenvalue weighted by atomic mass is 32.1. The van der Waals surface area contributed by atoms with Gasteiger partial charge in [0.1, 0.15) is 0 Å². The maximum atomic E-state index is 2.58. The highest BCUT2D eigenvalue weighted by Crippen LogP contribution is 2.50. The standard InChI is InChI=1S/C68H63N3SSi3/c1-44-16-20-48(21-17-44)69(49-22-29-53(30-23-49)73(2,3)4)52-28-35-56-59-43-58-47(41-64(59)72-65(56)42-52)19-38-62-66(58)57-36-39-63(67-60-40-46(45-14-12-11-13-15-45)18-37-61(60)71(62)68(57)67)70(50-24-31-54(32-25-50)74(5,6)7)51-26-33-55(34-27-51)75(8,9)10/h11-43H,1-10H3. The van der Waals surface area contributed by atoms with E-state index in [1.165, 1.54) is 130 Å². The van der Waals surface area contributed by atoms with Crippen LogP contribution in [0.25, 0.3) is 80.2 Å². The van der Waals surface area contributed by atoms with E-state index in [2.05, 4.69) is 280 Å². The van der Waals surface area contributed by atoms with Crippen molar-refractivity contribution in [2.75, 3.05) is 9.80 Å². The molecule has 0 aliphatic carbocycles. The van der Waals surface area contributed by atoms with Crippen molar-refractivity contribution < 1.29 is 0 Å². The van der Waals surface area contributed by atoms with Gasteiger partial charge in [-0.1, -0.05) is 183 Å². The maximum Gasteiger partial charge on any atom is 0.0775 e. The van der Waals surface area contributed by atoms with Crippen LogP contribution in [0, 0.1) is 6.92 Å². The summed E-state index contributed by atoms with van der Waals surface area (Å²) in [6.07, 6.45) is 0. The predicted octanol–water partition coefficient (Wildman–Crippen LogP) is 18.9. The number of anilines is 6. The molecule has 0 fully saturated rings. The average molecular weight is 1040 g/mol. The zero-order valence-corrected chi connectivity index (χ0v) is 48.6. The zero-order chi connectivity index (χ0) is 51.7. The van der Waals surface area contributed by atoms with Crippen LogP contribution in [0.2, 0.25) is 58.9 Å². The lowest BCUT2D eigenvalue weighted by Crippen LogP contribution is -2.37. The summed E-state index contributed by atoms with van der Waals surface area (Å²) in [6, 6.07) is 76.9. The fourth-order valence-electron chi connectivity index (χ4n) is 11.7. The van der Waals surface area contributed by atoms with Gasteiger partial charge in [0, 0.05) is 70.2 Å². The molecule has 3 heterocycles. The van der Waals surface area contributed by atoms with Gasteiger partial charge in [-0.2, -0.15) is 0 Å². The third-order valence-electron chi connectivity index (χ3n) is 15.8. The SMILES string of the molecule is Cc1ccc(N(c2ccc([Si](C)(C)C)cc2)c2ccc3c(c2)sc2cc4ccc5c(c4cc23)c2ccc(N(c3ccc([Si](C)(C)C)cc3)c3ccc([Si](C)(C)C)cc3)c3c4cc(-c6ccccc6)ccc4n5c23)cc1. The van der Waals surface area contributed by atoms with Gasteiger partial charge in [-0.05, 0) is 126 Å². The Balaban J connectivity index is 1.03. The predicted molar refractivity (Wildman–Crippen MR) is 340 cm³/mol. The summed E-state index contributed by atoms with van der Waals surface area (Å²) in [4.78, 5) is 4.95. The molecule has 0 aliphatic heterocycles. The molecule has 75 heavy (non-hydrogen) atoms. The second kappa shape index (κ2) is 17.4. The van der Waals surface area contributed by atoms with Crippen LogP contribution >= 0.6 is 11.3 Å². The third-order valence-corrected chi connectivity index (χ3v) is 23.2. The van der Waals surface area contributed by atoms with Crippen molar-refractivity contribution in [3.63, 3.8) is 0 Å². The minimum Gasteiger partial charge on any atom is -0.310 e. The van der Waals surface area contributed by atoms with E-state index < -0.39 is 24.2 Å². The Bertz CT molecular complexity index is 4270. The molecule has 0 atom stereocenters. The molecule has 0 aliphatic rings. The van der Waals surface area contributed by atoms with Gasteiger partial charge in [0.05, 0.1) is 46.5 Å². The van der Waals surface area contributed by atoms with E-state index >= 15 is 0 Å². The Kier molecular flexibility index (Phi) is 11.0. The molecular weight excluding hydrogens is 975 g/mol. The number of thiophene rings is 1. The van der Waals surface area contributed by atoms with E-state index in [1.54, 1.807) is 0 Å². The van der Waals surface area contributed by atoms with Gasteiger partial charge in [0.2, 0.25) is 0 Å². The first-order chi connectivity index (χ1) is 36.0. The molecule has 0 spiro atoms. The van der Waals surface area contributed by atoms with Crippen LogP contribution in [-0.4, -0.2) is 28.6 Å². The molecule has 0 amide bonds. The molecule has 0 unspecified atom stereocenters. The average Bonchev–Trinajstić information content (AvgIpc) is 4.11. The molecule has 3 nitrogen and oxygen atoms in total. The van der Waals surface area contributed by atoms with E-state index in [1.807, 2.05) is 11.3 Å². The summed E-state index contributed by atoms with van der Waals surface area (Å²) in [6.45, 7) is 24.0. The Morgan fingerprint density at radius 3 is 1.47 bits per heavy atom. The zero-order valence-electron chi connectivity index (χ0n) is 44.8. The Morgan fingerprint density at radius 1 is 0.360 bits per heavy atom. The summed E-state index contributed by atoms with van der Waals surface area (Å²) >= 11 is 1.90.